The molecule has 5 heteroatoms. The molecule has 1 aromatic heterocycles. The van der Waals surface area contributed by atoms with Crippen LogP contribution < -0.4 is 11.1 Å². The van der Waals surface area contributed by atoms with E-state index in [4.69, 9.17) is 5.73 Å². The first-order chi connectivity index (χ1) is 8.95. The highest BCUT2D eigenvalue weighted by atomic mass is 19.1. The first-order valence-electron chi connectivity index (χ1n) is 6.13. The number of benzene rings is 1. The zero-order chi connectivity index (χ0) is 14.0. The Balaban J connectivity index is 2.32. The zero-order valence-corrected chi connectivity index (χ0v) is 11.2. The van der Waals surface area contributed by atoms with Crippen LogP contribution in [0, 0.1) is 12.7 Å². The predicted molar refractivity (Wildman–Crippen MR) is 75.0 cm³/mol. The van der Waals surface area contributed by atoms with Crippen LogP contribution in [-0.4, -0.2) is 9.97 Å². The van der Waals surface area contributed by atoms with Crippen molar-refractivity contribution >= 4 is 17.3 Å². The molecule has 1 heterocycles. The Kier molecular flexibility index (Phi) is 3.64. The normalized spacial score (nSPS) is 10.8. The quantitative estimate of drug-likeness (QED) is 0.888. The van der Waals surface area contributed by atoms with Gasteiger partial charge in [0.15, 0.2) is 0 Å². The topological polar surface area (TPSA) is 63.8 Å². The van der Waals surface area contributed by atoms with Crippen LogP contribution in [0.25, 0.3) is 0 Å². The monoisotopic (exact) mass is 260 g/mol. The Bertz CT molecular complexity index is 596. The third-order valence-corrected chi connectivity index (χ3v) is 2.67. The lowest BCUT2D eigenvalue weighted by Gasteiger charge is -2.11. The number of nitrogens with two attached hydrogens (primary N) is 1. The molecule has 100 valence electrons. The number of hydrogen-bond acceptors (Lipinski definition) is 4. The average molecular weight is 260 g/mol. The third-order valence-electron chi connectivity index (χ3n) is 2.67. The fourth-order valence-corrected chi connectivity index (χ4v) is 1.67. The largest absolute Gasteiger partial charge is 0.384 e. The minimum atomic E-state index is -0.316. The van der Waals surface area contributed by atoms with Gasteiger partial charge in [-0.05, 0) is 24.6 Å². The Morgan fingerprint density at radius 2 is 1.95 bits per heavy atom. The molecule has 19 heavy (non-hydrogen) atoms. The number of aryl methyl sites for hydroxylation is 1. The van der Waals surface area contributed by atoms with Crippen molar-refractivity contribution in [2.24, 2.45) is 0 Å². The summed E-state index contributed by atoms with van der Waals surface area (Å²) < 4.78 is 13.8. The highest BCUT2D eigenvalue weighted by Gasteiger charge is 2.08. The molecule has 0 aliphatic rings. The minimum absolute atomic E-state index is 0.159. The van der Waals surface area contributed by atoms with E-state index in [9.17, 15) is 4.39 Å². The van der Waals surface area contributed by atoms with Gasteiger partial charge in [-0.3, -0.25) is 0 Å². The van der Waals surface area contributed by atoms with Crippen molar-refractivity contribution in [1.82, 2.24) is 9.97 Å². The summed E-state index contributed by atoms with van der Waals surface area (Å²) in [5.41, 5.74) is 6.97. The molecule has 0 radical (unpaired) electrons. The Morgan fingerprint density at radius 1 is 1.21 bits per heavy atom. The van der Waals surface area contributed by atoms with Crippen molar-refractivity contribution in [1.29, 1.82) is 0 Å². The highest BCUT2D eigenvalue weighted by molar-refractivity contribution is 5.59. The lowest BCUT2D eigenvalue weighted by molar-refractivity contribution is 0.630. The van der Waals surface area contributed by atoms with Crippen LogP contribution >= 0.6 is 0 Å². The van der Waals surface area contributed by atoms with Gasteiger partial charge in [-0.1, -0.05) is 19.9 Å². The van der Waals surface area contributed by atoms with E-state index in [1.54, 1.807) is 12.1 Å². The van der Waals surface area contributed by atoms with Crippen LogP contribution in [0.3, 0.4) is 0 Å². The van der Waals surface area contributed by atoms with Gasteiger partial charge in [-0.2, -0.15) is 0 Å². The van der Waals surface area contributed by atoms with Gasteiger partial charge in [-0.25, -0.2) is 14.4 Å². The maximum Gasteiger partial charge on any atom is 0.146 e. The second-order valence-electron chi connectivity index (χ2n) is 4.80. The van der Waals surface area contributed by atoms with Gasteiger partial charge in [0.2, 0.25) is 0 Å². The Labute approximate surface area is 111 Å². The molecular weight excluding hydrogens is 243 g/mol. The van der Waals surface area contributed by atoms with Crippen LogP contribution in [0.15, 0.2) is 24.3 Å². The molecule has 0 atom stereocenters. The standard InChI is InChI=1S/C14H17FN4/c1-8(2)14-18-12(16)7-13(19-14)17-11-5-4-9(3)6-10(11)15/h4-8H,1-3H3,(H3,16,17,18,19). The van der Waals surface area contributed by atoms with E-state index in [1.165, 1.54) is 6.07 Å². The number of nitrogens with zero attached hydrogens (tertiary/aromatic N) is 2. The lowest BCUT2D eigenvalue weighted by Crippen LogP contribution is -2.05. The summed E-state index contributed by atoms with van der Waals surface area (Å²) in [5.74, 6) is 1.35. The second-order valence-corrected chi connectivity index (χ2v) is 4.80. The smallest absolute Gasteiger partial charge is 0.146 e. The number of nitrogen functional groups attached to an aromatic ring is 1. The molecule has 0 saturated heterocycles. The van der Waals surface area contributed by atoms with Gasteiger partial charge >= 0.3 is 0 Å². The van der Waals surface area contributed by atoms with Gasteiger partial charge in [-0.15, -0.1) is 0 Å². The Morgan fingerprint density at radius 3 is 2.58 bits per heavy atom. The van der Waals surface area contributed by atoms with Gasteiger partial charge in [0.25, 0.3) is 0 Å². The number of rotatable bonds is 3. The minimum Gasteiger partial charge on any atom is -0.384 e. The molecule has 0 aliphatic heterocycles. The van der Waals surface area contributed by atoms with E-state index in [1.807, 2.05) is 26.8 Å². The van der Waals surface area contributed by atoms with Gasteiger partial charge < -0.3 is 11.1 Å². The molecule has 0 amide bonds. The number of nitrogens with one attached hydrogen (secondary N) is 1. The van der Waals surface area contributed by atoms with Crippen LogP contribution in [0.1, 0.15) is 31.2 Å². The fraction of sp³-hybridized carbons (Fsp3) is 0.286. The van der Waals surface area contributed by atoms with E-state index in [0.717, 1.165) is 5.56 Å². The van der Waals surface area contributed by atoms with Gasteiger partial charge in [0.05, 0.1) is 5.69 Å². The molecule has 1 aromatic carbocycles. The average Bonchev–Trinajstić information content (AvgIpc) is 2.32. The molecule has 3 N–H and O–H groups in total. The van der Waals surface area contributed by atoms with E-state index >= 15 is 0 Å². The summed E-state index contributed by atoms with van der Waals surface area (Å²) in [6.07, 6.45) is 0. The summed E-state index contributed by atoms with van der Waals surface area (Å²) >= 11 is 0. The number of anilines is 3. The second kappa shape index (κ2) is 5.22. The van der Waals surface area contributed by atoms with Crippen LogP contribution in [-0.2, 0) is 0 Å². The van der Waals surface area contributed by atoms with Crippen LogP contribution in [0.5, 0.6) is 0 Å². The summed E-state index contributed by atoms with van der Waals surface area (Å²) in [6.45, 7) is 5.79. The van der Waals surface area contributed by atoms with Crippen molar-refractivity contribution in [3.05, 3.63) is 41.5 Å². The molecule has 2 aromatic rings. The molecule has 0 bridgehead atoms. The molecule has 2 rings (SSSR count). The number of hydrogen-bond donors (Lipinski definition) is 2. The maximum absolute atomic E-state index is 13.8. The predicted octanol–water partition coefficient (Wildman–Crippen LogP) is 3.37. The van der Waals surface area contributed by atoms with Crippen molar-refractivity contribution in [3.8, 4) is 0 Å². The first kappa shape index (κ1) is 13.3. The SMILES string of the molecule is Cc1ccc(Nc2cc(N)nc(C(C)C)n2)c(F)c1. The van der Waals surface area contributed by atoms with E-state index in [-0.39, 0.29) is 11.7 Å². The first-order valence-corrected chi connectivity index (χ1v) is 6.13. The van der Waals surface area contributed by atoms with Gasteiger partial charge in [0, 0.05) is 12.0 Å². The summed E-state index contributed by atoms with van der Waals surface area (Å²) in [7, 11) is 0. The molecule has 4 nitrogen and oxygen atoms in total. The Hall–Kier alpha value is -2.17. The van der Waals surface area contributed by atoms with Crippen LogP contribution in [0.2, 0.25) is 0 Å². The van der Waals surface area contributed by atoms with E-state index in [0.29, 0.717) is 23.1 Å². The number of aromatic nitrogens is 2. The van der Waals surface area contributed by atoms with Gasteiger partial charge in [0.1, 0.15) is 23.3 Å². The van der Waals surface area contributed by atoms with Crippen molar-refractivity contribution < 1.29 is 4.39 Å². The van der Waals surface area contributed by atoms with E-state index in [2.05, 4.69) is 15.3 Å². The third kappa shape index (κ3) is 3.19. The zero-order valence-electron chi connectivity index (χ0n) is 11.2. The molecule has 0 spiro atoms. The maximum atomic E-state index is 13.8. The molecule has 0 unspecified atom stereocenters. The molecule has 0 saturated carbocycles. The van der Waals surface area contributed by atoms with Crippen molar-refractivity contribution in [2.75, 3.05) is 11.1 Å². The fourth-order valence-electron chi connectivity index (χ4n) is 1.67. The van der Waals surface area contributed by atoms with Crippen LogP contribution in [0.4, 0.5) is 21.7 Å². The van der Waals surface area contributed by atoms with Crippen molar-refractivity contribution in [2.45, 2.75) is 26.7 Å². The lowest BCUT2D eigenvalue weighted by atomic mass is 10.2. The van der Waals surface area contributed by atoms with E-state index < -0.39 is 0 Å². The number of halogens is 1. The molecular formula is C14H17FN4. The summed E-state index contributed by atoms with van der Waals surface area (Å²) in [4.78, 5) is 8.47. The van der Waals surface area contributed by atoms with Crippen molar-refractivity contribution in [3.63, 3.8) is 0 Å². The highest BCUT2D eigenvalue weighted by Crippen LogP contribution is 2.22. The molecule has 0 aliphatic carbocycles. The summed E-state index contributed by atoms with van der Waals surface area (Å²) in [6, 6.07) is 6.57. The molecule has 0 fully saturated rings. The summed E-state index contributed by atoms with van der Waals surface area (Å²) in [5, 5.41) is 2.93.